The Kier molecular flexibility index (Phi) is 8.13. The fraction of sp³-hybridized carbons (Fsp3) is 0.733. The first kappa shape index (κ1) is 17.1. The minimum atomic E-state index is 0.607. The first-order valence-electron chi connectivity index (χ1n) is 7.22. The quantitative estimate of drug-likeness (QED) is 0.529. The Hall–Kier alpha value is 0.0200. The number of hydrogen-bond acceptors (Lipinski definition) is 3. The van der Waals surface area contributed by atoms with Crippen LogP contribution in [0.25, 0.3) is 0 Å². The maximum atomic E-state index is 4.23. The summed E-state index contributed by atoms with van der Waals surface area (Å²) < 4.78 is 0. The van der Waals surface area contributed by atoms with Crippen LogP contribution in [-0.2, 0) is 0 Å². The molecule has 0 aromatic rings. The van der Waals surface area contributed by atoms with Crippen molar-refractivity contribution in [1.29, 1.82) is 0 Å². The highest BCUT2D eigenvalue weighted by atomic mass is 32.2. The van der Waals surface area contributed by atoms with Crippen LogP contribution in [0.1, 0.15) is 33.1 Å². The first-order valence-corrected chi connectivity index (χ1v) is 8.78. The summed E-state index contributed by atoms with van der Waals surface area (Å²) in [6.07, 6.45) is 3.60. The third-order valence-corrected chi connectivity index (χ3v) is 5.82. The van der Waals surface area contributed by atoms with Gasteiger partial charge in [0.25, 0.3) is 0 Å². The monoisotopic (exact) mass is 300 g/mol. The van der Waals surface area contributed by atoms with Crippen LogP contribution < -0.4 is 10.6 Å². The number of nitrogens with one attached hydrogen (secondary N) is 2. The van der Waals surface area contributed by atoms with Crippen molar-refractivity contribution >= 4 is 21.0 Å². The Morgan fingerprint density at radius 2 is 2.21 bits per heavy atom. The number of thioether (sulfide) groups is 1. The lowest BCUT2D eigenvalue weighted by Crippen LogP contribution is -2.28. The summed E-state index contributed by atoms with van der Waals surface area (Å²) in [5.41, 5.74) is 1.22. The Morgan fingerprint density at radius 1 is 1.47 bits per heavy atom. The van der Waals surface area contributed by atoms with E-state index in [1.165, 1.54) is 36.0 Å². The Labute approximate surface area is 125 Å². The van der Waals surface area contributed by atoms with E-state index in [2.05, 4.69) is 40.3 Å². The molecule has 0 aliphatic heterocycles. The van der Waals surface area contributed by atoms with Gasteiger partial charge in [-0.3, -0.25) is 0 Å². The Morgan fingerprint density at radius 3 is 2.84 bits per heavy atom. The van der Waals surface area contributed by atoms with E-state index in [0.717, 1.165) is 19.0 Å². The summed E-state index contributed by atoms with van der Waals surface area (Å²) in [6, 6.07) is 0. The summed E-state index contributed by atoms with van der Waals surface area (Å²) in [5.74, 6) is 2.59. The SMILES string of the molecule is C=C(NCCNC)C1CCC(P)=C(SCC(C)C)C1. The molecule has 2 unspecified atom stereocenters. The molecule has 4 heteroatoms. The normalized spacial score (nSPS) is 19.9. The molecule has 1 aliphatic rings. The van der Waals surface area contributed by atoms with Gasteiger partial charge in [0.2, 0.25) is 0 Å². The second-order valence-corrected chi connectivity index (χ2v) is 7.46. The minimum absolute atomic E-state index is 0.607. The van der Waals surface area contributed by atoms with Gasteiger partial charge in [-0.05, 0) is 42.4 Å². The summed E-state index contributed by atoms with van der Waals surface area (Å²) in [5, 5.41) is 8.13. The molecule has 1 aliphatic carbocycles. The van der Waals surface area contributed by atoms with Gasteiger partial charge in [0.1, 0.15) is 0 Å². The third kappa shape index (κ3) is 6.33. The van der Waals surface area contributed by atoms with E-state index in [-0.39, 0.29) is 0 Å². The van der Waals surface area contributed by atoms with E-state index in [4.69, 9.17) is 0 Å². The van der Waals surface area contributed by atoms with Gasteiger partial charge in [0, 0.05) is 30.5 Å². The zero-order valence-electron chi connectivity index (χ0n) is 12.6. The maximum absolute atomic E-state index is 4.23. The molecule has 2 N–H and O–H groups in total. The molecule has 0 aromatic carbocycles. The van der Waals surface area contributed by atoms with Crippen LogP contribution in [0.5, 0.6) is 0 Å². The third-order valence-electron chi connectivity index (χ3n) is 3.36. The summed E-state index contributed by atoms with van der Waals surface area (Å²) in [4.78, 5) is 1.58. The average Bonchev–Trinajstić information content (AvgIpc) is 2.37. The van der Waals surface area contributed by atoms with Crippen molar-refractivity contribution < 1.29 is 0 Å². The molecule has 2 atom stereocenters. The van der Waals surface area contributed by atoms with Crippen molar-refractivity contribution in [3.05, 3.63) is 22.5 Å². The molecule has 0 radical (unpaired) electrons. The average molecular weight is 300 g/mol. The van der Waals surface area contributed by atoms with Crippen LogP contribution in [-0.4, -0.2) is 25.9 Å². The second-order valence-electron chi connectivity index (χ2n) is 5.65. The topological polar surface area (TPSA) is 24.1 Å². The molecule has 0 bridgehead atoms. The van der Waals surface area contributed by atoms with Gasteiger partial charge in [0.15, 0.2) is 0 Å². The van der Waals surface area contributed by atoms with Crippen molar-refractivity contribution in [2.45, 2.75) is 33.1 Å². The van der Waals surface area contributed by atoms with E-state index in [1.54, 1.807) is 4.91 Å². The molecule has 0 aromatic heterocycles. The van der Waals surface area contributed by atoms with E-state index < -0.39 is 0 Å². The molecule has 2 nitrogen and oxygen atoms in total. The van der Waals surface area contributed by atoms with Crippen LogP contribution in [0.4, 0.5) is 0 Å². The summed E-state index contributed by atoms with van der Waals surface area (Å²) in [7, 11) is 4.92. The van der Waals surface area contributed by atoms with Crippen LogP contribution in [0.3, 0.4) is 0 Å². The molecule has 0 spiro atoms. The van der Waals surface area contributed by atoms with Gasteiger partial charge >= 0.3 is 0 Å². The molecule has 0 saturated carbocycles. The van der Waals surface area contributed by atoms with Crippen molar-refractivity contribution in [3.63, 3.8) is 0 Å². The van der Waals surface area contributed by atoms with Gasteiger partial charge in [-0.1, -0.05) is 20.4 Å². The van der Waals surface area contributed by atoms with E-state index in [0.29, 0.717) is 5.92 Å². The molecule has 0 fully saturated rings. The lowest BCUT2D eigenvalue weighted by atomic mass is 9.91. The largest absolute Gasteiger partial charge is 0.387 e. The van der Waals surface area contributed by atoms with Crippen molar-refractivity contribution in [2.75, 3.05) is 25.9 Å². The Bertz CT molecular complexity index is 326. The predicted molar refractivity (Wildman–Crippen MR) is 92.4 cm³/mol. The standard InChI is InChI=1S/C15H29N2PS/c1-11(2)10-19-15-9-13(5-6-14(15)18)12(3)17-8-7-16-4/h11,13,16-17H,3,5-10,18H2,1-2,4H3. The minimum Gasteiger partial charge on any atom is -0.387 e. The second kappa shape index (κ2) is 9.05. The summed E-state index contributed by atoms with van der Waals surface area (Å²) >= 11 is 2.04. The highest BCUT2D eigenvalue weighted by molar-refractivity contribution is 8.03. The molecular weight excluding hydrogens is 271 g/mol. The van der Waals surface area contributed by atoms with E-state index in [1.807, 2.05) is 18.8 Å². The van der Waals surface area contributed by atoms with Gasteiger partial charge in [0.05, 0.1) is 0 Å². The predicted octanol–water partition coefficient (Wildman–Crippen LogP) is 3.59. The zero-order valence-corrected chi connectivity index (χ0v) is 14.6. The molecular formula is C15H29N2PS. The lowest BCUT2D eigenvalue weighted by Gasteiger charge is -2.28. The number of allylic oxidation sites excluding steroid dienone is 3. The first-order chi connectivity index (χ1) is 9.04. The van der Waals surface area contributed by atoms with Crippen molar-refractivity contribution in [2.24, 2.45) is 11.8 Å². The van der Waals surface area contributed by atoms with Gasteiger partial charge < -0.3 is 10.6 Å². The number of hydrogen-bond donors (Lipinski definition) is 2. The van der Waals surface area contributed by atoms with E-state index >= 15 is 0 Å². The van der Waals surface area contributed by atoms with Crippen molar-refractivity contribution in [1.82, 2.24) is 10.6 Å². The summed E-state index contributed by atoms with van der Waals surface area (Å²) in [6.45, 7) is 10.8. The molecule has 0 saturated heterocycles. The van der Waals surface area contributed by atoms with Gasteiger partial charge in [-0.2, -0.15) is 0 Å². The van der Waals surface area contributed by atoms with E-state index in [9.17, 15) is 0 Å². The lowest BCUT2D eigenvalue weighted by molar-refractivity contribution is 0.505. The van der Waals surface area contributed by atoms with Crippen LogP contribution >= 0.6 is 21.0 Å². The molecule has 110 valence electrons. The fourth-order valence-electron chi connectivity index (χ4n) is 2.13. The Balaban J connectivity index is 2.45. The molecule has 19 heavy (non-hydrogen) atoms. The fourth-order valence-corrected chi connectivity index (χ4v) is 3.81. The number of rotatable bonds is 8. The molecule has 1 rings (SSSR count). The van der Waals surface area contributed by atoms with Gasteiger partial charge in [-0.15, -0.1) is 21.0 Å². The van der Waals surface area contributed by atoms with Crippen LogP contribution in [0.2, 0.25) is 0 Å². The molecule has 0 heterocycles. The van der Waals surface area contributed by atoms with Crippen LogP contribution in [0.15, 0.2) is 22.5 Å². The highest BCUT2D eigenvalue weighted by Gasteiger charge is 2.21. The maximum Gasteiger partial charge on any atom is 0.0269 e. The van der Waals surface area contributed by atoms with Crippen LogP contribution in [0, 0.1) is 11.8 Å². The molecule has 0 amide bonds. The number of likely N-dealkylation sites (N-methyl/N-ethyl adjacent to an activating group) is 1. The smallest absolute Gasteiger partial charge is 0.0269 e. The zero-order chi connectivity index (χ0) is 14.3. The van der Waals surface area contributed by atoms with Crippen molar-refractivity contribution in [3.8, 4) is 0 Å². The van der Waals surface area contributed by atoms with Gasteiger partial charge in [-0.25, -0.2) is 0 Å². The highest BCUT2D eigenvalue weighted by Crippen LogP contribution is 2.41.